The number of aromatic amines is 1. The van der Waals surface area contributed by atoms with E-state index in [1.807, 2.05) is 0 Å². The average molecular weight is 139 g/mol. The molecule has 0 spiro atoms. The summed E-state index contributed by atoms with van der Waals surface area (Å²) in [5.41, 5.74) is 2.53. The molecule has 3 heteroatoms. The smallest absolute Gasteiger partial charge is 0.0925 e. The topological polar surface area (TPSA) is 31.9 Å². The third-order valence-electron chi connectivity index (χ3n) is 1.97. The molecule has 1 N–H and O–H groups in total. The van der Waals surface area contributed by atoms with Gasteiger partial charge in [-0.15, -0.1) is 0 Å². The Kier molecular flexibility index (Phi) is 1.24. The van der Waals surface area contributed by atoms with Crippen LogP contribution >= 0.6 is 0 Å². The van der Waals surface area contributed by atoms with Crippen LogP contribution in [0, 0.1) is 0 Å². The van der Waals surface area contributed by atoms with Crippen LogP contribution in [-0.2, 0) is 13.0 Å². The molecule has 0 aliphatic carbocycles. The standard InChI is InChI=1S/C7H11N3.H2/c1-10-3-2-6-7(4-10)9-5-8-6;/h5H,2-4H2,1H3,(H,8,9);1H. The van der Waals surface area contributed by atoms with Crippen LogP contribution in [0.4, 0.5) is 0 Å². The number of likely N-dealkylation sites (N-methyl/N-ethyl adjacent to an activating group) is 1. The second-order valence-corrected chi connectivity index (χ2v) is 2.82. The van der Waals surface area contributed by atoms with Gasteiger partial charge >= 0.3 is 0 Å². The predicted molar refractivity (Wildman–Crippen MR) is 40.7 cm³/mol. The van der Waals surface area contributed by atoms with Gasteiger partial charge in [-0.05, 0) is 7.05 Å². The summed E-state index contributed by atoms with van der Waals surface area (Å²) in [5.74, 6) is 0. The molecule has 0 saturated carbocycles. The van der Waals surface area contributed by atoms with Gasteiger partial charge in [0.05, 0.1) is 17.7 Å². The summed E-state index contributed by atoms with van der Waals surface area (Å²) >= 11 is 0. The number of nitrogens with zero attached hydrogens (tertiary/aromatic N) is 2. The van der Waals surface area contributed by atoms with Crippen molar-refractivity contribution in [1.82, 2.24) is 14.9 Å². The fourth-order valence-corrected chi connectivity index (χ4v) is 1.35. The Bertz CT molecular complexity index is 233. The van der Waals surface area contributed by atoms with Crippen molar-refractivity contribution in [3.8, 4) is 0 Å². The second kappa shape index (κ2) is 2.09. The molecule has 1 aliphatic rings. The zero-order valence-corrected chi connectivity index (χ0v) is 6.09. The third kappa shape index (κ3) is 0.827. The molecule has 56 valence electrons. The molecule has 2 heterocycles. The van der Waals surface area contributed by atoms with Crippen LogP contribution < -0.4 is 0 Å². The first-order valence-electron chi connectivity index (χ1n) is 3.56. The Labute approximate surface area is 61.6 Å². The van der Waals surface area contributed by atoms with Crippen molar-refractivity contribution in [1.29, 1.82) is 0 Å². The van der Waals surface area contributed by atoms with Crippen molar-refractivity contribution < 1.29 is 1.43 Å². The fourth-order valence-electron chi connectivity index (χ4n) is 1.35. The number of fused-ring (bicyclic) bond motifs is 1. The third-order valence-corrected chi connectivity index (χ3v) is 1.97. The normalized spacial score (nSPS) is 18.9. The fraction of sp³-hybridized carbons (Fsp3) is 0.571. The minimum Gasteiger partial charge on any atom is -0.347 e. The maximum absolute atomic E-state index is 4.21. The van der Waals surface area contributed by atoms with Crippen LogP contribution in [0.25, 0.3) is 0 Å². The Morgan fingerprint density at radius 1 is 1.80 bits per heavy atom. The predicted octanol–water partition coefficient (Wildman–Crippen LogP) is 0.644. The van der Waals surface area contributed by atoms with Gasteiger partial charge in [-0.1, -0.05) is 0 Å². The van der Waals surface area contributed by atoms with Crippen LogP contribution in [0.1, 0.15) is 12.8 Å². The molecule has 1 aliphatic heterocycles. The Hall–Kier alpha value is -0.830. The molecule has 1 aromatic heterocycles. The van der Waals surface area contributed by atoms with Crippen LogP contribution in [0.15, 0.2) is 6.33 Å². The monoisotopic (exact) mass is 139 g/mol. The second-order valence-electron chi connectivity index (χ2n) is 2.82. The van der Waals surface area contributed by atoms with Crippen LogP contribution in [-0.4, -0.2) is 28.5 Å². The lowest BCUT2D eigenvalue weighted by molar-refractivity contribution is 0.307. The molecule has 0 fully saturated rings. The van der Waals surface area contributed by atoms with Gasteiger partial charge in [0.1, 0.15) is 0 Å². The van der Waals surface area contributed by atoms with E-state index in [0.717, 1.165) is 19.5 Å². The van der Waals surface area contributed by atoms with Crippen molar-refractivity contribution in [2.45, 2.75) is 13.0 Å². The maximum atomic E-state index is 4.21. The first-order valence-corrected chi connectivity index (χ1v) is 3.56. The highest BCUT2D eigenvalue weighted by Crippen LogP contribution is 2.12. The van der Waals surface area contributed by atoms with E-state index >= 15 is 0 Å². The summed E-state index contributed by atoms with van der Waals surface area (Å²) in [6.07, 6.45) is 2.87. The zero-order chi connectivity index (χ0) is 6.97. The molecular weight excluding hydrogens is 126 g/mol. The lowest BCUT2D eigenvalue weighted by Gasteiger charge is -2.20. The Morgan fingerprint density at radius 2 is 2.70 bits per heavy atom. The highest BCUT2D eigenvalue weighted by atomic mass is 15.1. The highest BCUT2D eigenvalue weighted by Gasteiger charge is 2.13. The van der Waals surface area contributed by atoms with E-state index < -0.39 is 0 Å². The van der Waals surface area contributed by atoms with Gasteiger partial charge in [0, 0.05) is 20.9 Å². The number of nitrogens with one attached hydrogen (secondary N) is 1. The number of imidazole rings is 1. The van der Waals surface area contributed by atoms with Crippen LogP contribution in [0.2, 0.25) is 0 Å². The van der Waals surface area contributed by atoms with Crippen molar-refractivity contribution in [2.75, 3.05) is 13.6 Å². The summed E-state index contributed by atoms with van der Waals surface area (Å²) in [4.78, 5) is 9.64. The number of hydrogen-bond acceptors (Lipinski definition) is 2. The molecule has 0 saturated heterocycles. The van der Waals surface area contributed by atoms with Gasteiger partial charge in [-0.2, -0.15) is 0 Å². The molecular formula is C7H13N3. The van der Waals surface area contributed by atoms with Crippen LogP contribution in [0.3, 0.4) is 0 Å². The highest BCUT2D eigenvalue weighted by molar-refractivity contribution is 5.13. The lowest BCUT2D eigenvalue weighted by atomic mass is 10.2. The summed E-state index contributed by atoms with van der Waals surface area (Å²) in [6.45, 7) is 2.16. The maximum Gasteiger partial charge on any atom is 0.0925 e. The summed E-state index contributed by atoms with van der Waals surface area (Å²) in [5, 5.41) is 0. The van der Waals surface area contributed by atoms with E-state index in [9.17, 15) is 0 Å². The summed E-state index contributed by atoms with van der Waals surface area (Å²) in [7, 11) is 2.13. The molecule has 2 rings (SSSR count). The van der Waals surface area contributed by atoms with Crippen LogP contribution in [0.5, 0.6) is 0 Å². The molecule has 0 radical (unpaired) electrons. The SMILES string of the molecule is CN1CCc2nc[nH]c2C1.[HH]. The van der Waals surface area contributed by atoms with E-state index in [1.54, 1.807) is 6.33 Å². The molecule has 10 heavy (non-hydrogen) atoms. The molecule has 0 aromatic carbocycles. The van der Waals surface area contributed by atoms with E-state index in [0.29, 0.717) is 0 Å². The lowest BCUT2D eigenvalue weighted by Crippen LogP contribution is -2.26. The van der Waals surface area contributed by atoms with Gasteiger partial charge < -0.3 is 9.88 Å². The molecule has 0 amide bonds. The first kappa shape index (κ1) is 5.92. The Balaban J connectivity index is 0.000000605. The number of aromatic nitrogens is 2. The summed E-state index contributed by atoms with van der Waals surface area (Å²) < 4.78 is 0. The van der Waals surface area contributed by atoms with Gasteiger partial charge in [0.2, 0.25) is 0 Å². The first-order chi connectivity index (χ1) is 4.86. The van der Waals surface area contributed by atoms with Crippen molar-refractivity contribution in [2.24, 2.45) is 0 Å². The summed E-state index contributed by atoms with van der Waals surface area (Å²) in [6, 6.07) is 0. The number of H-pyrrole nitrogens is 1. The van der Waals surface area contributed by atoms with E-state index in [2.05, 4.69) is 21.9 Å². The minimum absolute atomic E-state index is 0. The van der Waals surface area contributed by atoms with Gasteiger partial charge in [0.15, 0.2) is 0 Å². The largest absolute Gasteiger partial charge is 0.347 e. The van der Waals surface area contributed by atoms with E-state index in [4.69, 9.17) is 0 Å². The zero-order valence-electron chi connectivity index (χ0n) is 6.09. The van der Waals surface area contributed by atoms with Gasteiger partial charge in [-0.3, -0.25) is 0 Å². The van der Waals surface area contributed by atoms with Gasteiger partial charge in [-0.25, -0.2) is 4.98 Å². The molecule has 0 atom stereocenters. The average Bonchev–Trinajstić information content (AvgIpc) is 2.33. The van der Waals surface area contributed by atoms with Gasteiger partial charge in [0.25, 0.3) is 0 Å². The quantitative estimate of drug-likeness (QED) is 0.572. The Morgan fingerprint density at radius 3 is 3.60 bits per heavy atom. The molecule has 0 bridgehead atoms. The van der Waals surface area contributed by atoms with Crippen molar-refractivity contribution in [3.63, 3.8) is 0 Å². The molecule has 1 aromatic rings. The number of rotatable bonds is 0. The van der Waals surface area contributed by atoms with Crippen molar-refractivity contribution >= 4 is 0 Å². The molecule has 3 nitrogen and oxygen atoms in total. The minimum atomic E-state index is 0. The van der Waals surface area contributed by atoms with E-state index in [-0.39, 0.29) is 1.43 Å². The number of hydrogen-bond donors (Lipinski definition) is 1. The van der Waals surface area contributed by atoms with E-state index in [1.165, 1.54) is 11.4 Å². The van der Waals surface area contributed by atoms with Crippen molar-refractivity contribution in [3.05, 3.63) is 17.7 Å². The molecule has 0 unspecified atom stereocenters.